The molecule has 0 fully saturated rings. The van der Waals surface area contributed by atoms with Crippen LogP contribution in [0.1, 0.15) is 11.1 Å². The quantitative estimate of drug-likeness (QED) is 0.822. The van der Waals surface area contributed by atoms with Crippen molar-refractivity contribution < 1.29 is 9.90 Å². The average Bonchev–Trinajstić information content (AvgIpc) is 2.16. The number of halogens is 1. The highest BCUT2D eigenvalue weighted by Crippen LogP contribution is 2.17. The Bertz CT molecular complexity index is 432. The van der Waals surface area contributed by atoms with Gasteiger partial charge in [0.1, 0.15) is 6.07 Å². The van der Waals surface area contributed by atoms with E-state index in [2.05, 4.69) is 15.9 Å². The molecule has 0 atom stereocenters. The fourth-order valence-electron chi connectivity index (χ4n) is 0.900. The molecule has 0 aliphatic heterocycles. The molecule has 1 rings (SSSR count). The third kappa shape index (κ3) is 2.71. The zero-order valence-electron chi connectivity index (χ0n) is 7.07. The summed E-state index contributed by atoms with van der Waals surface area (Å²) in [5.41, 5.74) is 1.17. The number of nitriles is 1. The van der Waals surface area contributed by atoms with Gasteiger partial charge >= 0.3 is 5.97 Å². The van der Waals surface area contributed by atoms with Crippen LogP contribution >= 0.6 is 15.9 Å². The van der Waals surface area contributed by atoms with E-state index in [1.54, 1.807) is 18.2 Å². The van der Waals surface area contributed by atoms with E-state index in [1.807, 2.05) is 6.07 Å². The van der Waals surface area contributed by atoms with Crippen LogP contribution in [0.5, 0.6) is 0 Å². The lowest BCUT2D eigenvalue weighted by atomic mass is 10.1. The standard InChI is InChI=1S/C10H6BrNO2/c11-9-3-1-7(2-4-10(13)14)5-8(9)6-12/h1-5H,(H,13,14)/b4-2+. The molecule has 0 saturated heterocycles. The summed E-state index contributed by atoms with van der Waals surface area (Å²) in [4.78, 5) is 10.2. The summed E-state index contributed by atoms with van der Waals surface area (Å²) >= 11 is 3.21. The van der Waals surface area contributed by atoms with Gasteiger partial charge in [-0.15, -0.1) is 0 Å². The van der Waals surface area contributed by atoms with Crippen LogP contribution in [-0.4, -0.2) is 11.1 Å². The second kappa shape index (κ2) is 4.58. The second-order valence-electron chi connectivity index (χ2n) is 2.52. The van der Waals surface area contributed by atoms with E-state index in [0.717, 1.165) is 6.08 Å². The number of carbonyl (C=O) groups is 1. The Morgan fingerprint density at radius 2 is 2.29 bits per heavy atom. The van der Waals surface area contributed by atoms with Gasteiger partial charge in [0.05, 0.1) is 5.56 Å². The Kier molecular flexibility index (Phi) is 3.43. The maximum absolute atomic E-state index is 10.2. The normalized spacial score (nSPS) is 10.0. The van der Waals surface area contributed by atoms with Crippen molar-refractivity contribution in [1.29, 1.82) is 5.26 Å². The maximum Gasteiger partial charge on any atom is 0.328 e. The van der Waals surface area contributed by atoms with Crippen molar-refractivity contribution in [3.63, 3.8) is 0 Å². The molecular weight excluding hydrogens is 246 g/mol. The van der Waals surface area contributed by atoms with Gasteiger partial charge in [0.25, 0.3) is 0 Å². The zero-order valence-corrected chi connectivity index (χ0v) is 8.65. The Morgan fingerprint density at radius 1 is 1.57 bits per heavy atom. The molecule has 0 aliphatic rings. The lowest BCUT2D eigenvalue weighted by Crippen LogP contribution is -1.86. The number of aliphatic carboxylic acids is 1. The predicted molar refractivity (Wildman–Crippen MR) is 55.5 cm³/mol. The highest BCUT2D eigenvalue weighted by atomic mass is 79.9. The lowest BCUT2D eigenvalue weighted by Gasteiger charge is -1.96. The van der Waals surface area contributed by atoms with Crippen LogP contribution in [0, 0.1) is 11.3 Å². The van der Waals surface area contributed by atoms with E-state index in [1.165, 1.54) is 6.08 Å². The first kappa shape index (κ1) is 10.5. The van der Waals surface area contributed by atoms with E-state index in [9.17, 15) is 4.79 Å². The SMILES string of the molecule is N#Cc1cc(/C=C/C(=O)O)ccc1Br. The number of nitrogens with zero attached hydrogens (tertiary/aromatic N) is 1. The minimum atomic E-state index is -1.01. The number of hydrogen-bond acceptors (Lipinski definition) is 2. The summed E-state index contributed by atoms with van der Waals surface area (Å²) in [6.07, 6.45) is 2.47. The third-order valence-corrected chi connectivity index (χ3v) is 2.22. The summed E-state index contributed by atoms with van der Waals surface area (Å²) in [5.74, 6) is -1.01. The van der Waals surface area contributed by atoms with Gasteiger partial charge in [0.2, 0.25) is 0 Å². The molecule has 1 aromatic rings. The van der Waals surface area contributed by atoms with E-state index in [0.29, 0.717) is 15.6 Å². The van der Waals surface area contributed by atoms with Crippen molar-refractivity contribution in [1.82, 2.24) is 0 Å². The van der Waals surface area contributed by atoms with Crippen LogP contribution in [-0.2, 0) is 4.79 Å². The molecule has 0 unspecified atom stereocenters. The largest absolute Gasteiger partial charge is 0.478 e. The van der Waals surface area contributed by atoms with Crippen molar-refractivity contribution >= 4 is 28.0 Å². The lowest BCUT2D eigenvalue weighted by molar-refractivity contribution is -0.131. The van der Waals surface area contributed by atoms with Gasteiger partial charge in [-0.1, -0.05) is 6.07 Å². The van der Waals surface area contributed by atoms with Gasteiger partial charge in [-0.3, -0.25) is 0 Å². The van der Waals surface area contributed by atoms with Crippen LogP contribution in [0.3, 0.4) is 0 Å². The van der Waals surface area contributed by atoms with Crippen LogP contribution in [0.4, 0.5) is 0 Å². The molecule has 0 aliphatic carbocycles. The van der Waals surface area contributed by atoms with E-state index >= 15 is 0 Å². The number of hydrogen-bond donors (Lipinski definition) is 1. The zero-order chi connectivity index (χ0) is 10.6. The molecule has 0 heterocycles. The highest BCUT2D eigenvalue weighted by molar-refractivity contribution is 9.10. The molecular formula is C10H6BrNO2. The number of carboxylic acid groups (broad SMARTS) is 1. The first-order valence-electron chi connectivity index (χ1n) is 3.74. The first-order chi connectivity index (χ1) is 6.63. The molecule has 0 bridgehead atoms. The van der Waals surface area contributed by atoms with Crippen LogP contribution in [0.25, 0.3) is 6.08 Å². The van der Waals surface area contributed by atoms with Gasteiger partial charge in [-0.25, -0.2) is 4.79 Å². The molecule has 70 valence electrons. The van der Waals surface area contributed by atoms with Gasteiger partial charge in [0.15, 0.2) is 0 Å². The van der Waals surface area contributed by atoms with Crippen LogP contribution in [0.15, 0.2) is 28.7 Å². The molecule has 3 nitrogen and oxygen atoms in total. The molecule has 4 heteroatoms. The Labute approximate surface area is 89.4 Å². The average molecular weight is 252 g/mol. The smallest absolute Gasteiger partial charge is 0.328 e. The minimum Gasteiger partial charge on any atom is -0.478 e. The third-order valence-electron chi connectivity index (χ3n) is 1.53. The molecule has 14 heavy (non-hydrogen) atoms. The van der Waals surface area contributed by atoms with E-state index in [4.69, 9.17) is 10.4 Å². The second-order valence-corrected chi connectivity index (χ2v) is 3.38. The summed E-state index contributed by atoms with van der Waals surface area (Å²) in [7, 11) is 0. The number of rotatable bonds is 2. The highest BCUT2D eigenvalue weighted by Gasteiger charge is 1.98. The van der Waals surface area contributed by atoms with Crippen LogP contribution in [0.2, 0.25) is 0 Å². The van der Waals surface area contributed by atoms with Gasteiger partial charge in [-0.05, 0) is 39.7 Å². The van der Waals surface area contributed by atoms with E-state index in [-0.39, 0.29) is 0 Å². The van der Waals surface area contributed by atoms with Crippen molar-refractivity contribution in [2.45, 2.75) is 0 Å². The molecule has 0 radical (unpaired) electrons. The summed E-state index contributed by atoms with van der Waals surface area (Å²) in [6, 6.07) is 7.04. The Balaban J connectivity index is 3.03. The van der Waals surface area contributed by atoms with Crippen LogP contribution < -0.4 is 0 Å². The van der Waals surface area contributed by atoms with Crippen molar-refractivity contribution in [2.75, 3.05) is 0 Å². The first-order valence-corrected chi connectivity index (χ1v) is 4.53. The summed E-state index contributed by atoms with van der Waals surface area (Å²) in [6.45, 7) is 0. The van der Waals surface area contributed by atoms with Crippen molar-refractivity contribution in [2.24, 2.45) is 0 Å². The Hall–Kier alpha value is -1.60. The number of benzene rings is 1. The fourth-order valence-corrected chi connectivity index (χ4v) is 1.24. The topological polar surface area (TPSA) is 61.1 Å². The predicted octanol–water partition coefficient (Wildman–Crippen LogP) is 2.42. The maximum atomic E-state index is 10.2. The molecule has 0 saturated carbocycles. The van der Waals surface area contributed by atoms with E-state index < -0.39 is 5.97 Å². The minimum absolute atomic E-state index is 0.484. The number of carboxylic acids is 1. The fraction of sp³-hybridized carbons (Fsp3) is 0. The van der Waals surface area contributed by atoms with Crippen molar-refractivity contribution in [3.8, 4) is 6.07 Å². The summed E-state index contributed by atoms with van der Waals surface area (Å²) < 4.78 is 0.701. The Morgan fingerprint density at radius 3 is 2.86 bits per heavy atom. The monoisotopic (exact) mass is 251 g/mol. The van der Waals surface area contributed by atoms with Gasteiger partial charge in [0, 0.05) is 10.5 Å². The molecule has 1 N–H and O–H groups in total. The van der Waals surface area contributed by atoms with Crippen molar-refractivity contribution in [3.05, 3.63) is 39.9 Å². The molecule has 0 spiro atoms. The summed E-state index contributed by atoms with van der Waals surface area (Å²) in [5, 5.41) is 17.1. The van der Waals surface area contributed by atoms with Gasteiger partial charge in [-0.2, -0.15) is 5.26 Å². The molecule has 0 aromatic heterocycles. The molecule has 1 aromatic carbocycles. The molecule has 0 amide bonds. The van der Waals surface area contributed by atoms with Gasteiger partial charge < -0.3 is 5.11 Å².